The Labute approximate surface area is 115 Å². The van der Waals surface area contributed by atoms with Crippen LogP contribution in [0, 0.1) is 6.08 Å². The number of nitrogens with one attached hydrogen (secondary N) is 1. The first-order valence-electron chi connectivity index (χ1n) is 6.44. The Morgan fingerprint density at radius 1 is 1.20 bits per heavy atom. The third-order valence-corrected chi connectivity index (χ3v) is 3.08. The summed E-state index contributed by atoms with van der Waals surface area (Å²) in [5.41, 5.74) is 2.19. The minimum Gasteiger partial charge on any atom is -0.364 e. The molecule has 3 rings (SSSR count). The number of imidazole rings is 1. The Morgan fingerprint density at radius 2 is 2.00 bits per heavy atom. The molecule has 0 spiro atoms. The fourth-order valence-electron chi connectivity index (χ4n) is 2.05. The molecule has 0 fully saturated rings. The van der Waals surface area contributed by atoms with Crippen molar-refractivity contribution in [1.29, 1.82) is 0 Å². The van der Waals surface area contributed by atoms with Gasteiger partial charge >= 0.3 is 6.08 Å². The highest BCUT2D eigenvalue weighted by molar-refractivity contribution is 5.82. The number of aryl methyl sites for hydroxylation is 1. The van der Waals surface area contributed by atoms with Crippen LogP contribution in [0.5, 0.6) is 0 Å². The molecule has 102 valence electrons. The van der Waals surface area contributed by atoms with Gasteiger partial charge in [-0.25, -0.2) is 4.98 Å². The Morgan fingerprint density at radius 3 is 2.75 bits per heavy atom. The van der Waals surface area contributed by atoms with E-state index in [0.29, 0.717) is 30.1 Å². The van der Waals surface area contributed by atoms with Crippen LogP contribution in [0.15, 0.2) is 36.7 Å². The van der Waals surface area contributed by atoms with Crippen LogP contribution < -0.4 is 5.32 Å². The third kappa shape index (κ3) is 2.32. The van der Waals surface area contributed by atoms with Gasteiger partial charge in [-0.3, -0.25) is 0 Å². The van der Waals surface area contributed by atoms with E-state index in [-0.39, 0.29) is 0 Å². The van der Waals surface area contributed by atoms with E-state index < -0.39 is 6.08 Å². The summed E-state index contributed by atoms with van der Waals surface area (Å²) in [7, 11) is 0. The summed E-state index contributed by atoms with van der Waals surface area (Å²) in [6.45, 7) is 3.20. The minimum atomic E-state index is -0.747. The lowest BCUT2D eigenvalue weighted by molar-refractivity contribution is 0.542. The molecule has 20 heavy (non-hydrogen) atoms. The van der Waals surface area contributed by atoms with E-state index in [4.69, 9.17) is 0 Å². The molecule has 0 aliphatic rings. The molecule has 1 aromatic carbocycles. The van der Waals surface area contributed by atoms with E-state index in [0.717, 1.165) is 5.56 Å². The molecule has 0 amide bonds. The second-order valence-corrected chi connectivity index (χ2v) is 4.38. The average molecular weight is 271 g/mol. The molecule has 5 nitrogen and oxygen atoms in total. The van der Waals surface area contributed by atoms with Gasteiger partial charge in [-0.1, -0.05) is 30.3 Å². The van der Waals surface area contributed by atoms with E-state index in [1.54, 1.807) is 10.9 Å². The van der Waals surface area contributed by atoms with E-state index in [1.165, 1.54) is 0 Å². The summed E-state index contributed by atoms with van der Waals surface area (Å²) < 4.78 is 15.3. The van der Waals surface area contributed by atoms with Crippen molar-refractivity contribution in [3.8, 4) is 0 Å². The predicted octanol–water partition coefficient (Wildman–Crippen LogP) is 2.60. The second kappa shape index (κ2) is 5.24. The molecular formula is C14H14FN5. The number of nitrogens with zero attached hydrogens (tertiary/aromatic N) is 4. The number of hydrogen-bond acceptors (Lipinski definition) is 4. The van der Waals surface area contributed by atoms with Crippen molar-refractivity contribution < 1.29 is 4.39 Å². The molecular weight excluding hydrogens is 257 g/mol. The fraction of sp³-hybridized carbons (Fsp3) is 0.214. The summed E-state index contributed by atoms with van der Waals surface area (Å²) in [4.78, 5) is 11.9. The number of aromatic nitrogens is 4. The summed E-state index contributed by atoms with van der Waals surface area (Å²) in [6.07, 6.45) is 0.898. The molecule has 0 radical (unpaired) electrons. The van der Waals surface area contributed by atoms with Crippen LogP contribution in [0.2, 0.25) is 0 Å². The maximum atomic E-state index is 13.5. The maximum absolute atomic E-state index is 13.5. The van der Waals surface area contributed by atoms with E-state index >= 15 is 0 Å². The van der Waals surface area contributed by atoms with Crippen LogP contribution in [-0.4, -0.2) is 19.5 Å². The van der Waals surface area contributed by atoms with Crippen molar-refractivity contribution in [3.63, 3.8) is 0 Å². The minimum absolute atomic E-state index is 0.420. The summed E-state index contributed by atoms with van der Waals surface area (Å²) in [6, 6.07) is 9.85. The molecule has 0 atom stereocenters. The smallest absolute Gasteiger partial charge is 0.312 e. The molecule has 0 aliphatic carbocycles. The first-order chi connectivity index (χ1) is 9.78. The van der Waals surface area contributed by atoms with Gasteiger partial charge in [-0.2, -0.15) is 14.4 Å². The molecule has 0 bridgehead atoms. The van der Waals surface area contributed by atoms with Crippen molar-refractivity contribution in [3.05, 3.63) is 48.3 Å². The van der Waals surface area contributed by atoms with E-state index in [2.05, 4.69) is 20.3 Å². The van der Waals surface area contributed by atoms with Gasteiger partial charge in [0.1, 0.15) is 0 Å². The van der Waals surface area contributed by atoms with Crippen molar-refractivity contribution in [2.45, 2.75) is 20.0 Å². The molecule has 0 saturated heterocycles. The number of benzene rings is 1. The number of halogens is 1. The number of anilines is 1. The molecule has 3 aromatic rings. The SMILES string of the molecule is CCn1cnc2c(NCc3ccccc3)nc(F)nc21. The zero-order valence-corrected chi connectivity index (χ0v) is 11.0. The van der Waals surface area contributed by atoms with Crippen molar-refractivity contribution in [2.24, 2.45) is 0 Å². The molecule has 0 unspecified atom stereocenters. The van der Waals surface area contributed by atoms with Crippen LogP contribution in [0.25, 0.3) is 11.2 Å². The van der Waals surface area contributed by atoms with Crippen molar-refractivity contribution >= 4 is 17.0 Å². The Bertz CT molecular complexity index is 723. The van der Waals surface area contributed by atoms with Crippen LogP contribution >= 0.6 is 0 Å². The fourth-order valence-corrected chi connectivity index (χ4v) is 2.05. The lowest BCUT2D eigenvalue weighted by Crippen LogP contribution is -2.05. The lowest BCUT2D eigenvalue weighted by atomic mass is 10.2. The molecule has 2 heterocycles. The van der Waals surface area contributed by atoms with E-state index in [9.17, 15) is 4.39 Å². The number of hydrogen-bond donors (Lipinski definition) is 1. The average Bonchev–Trinajstić information content (AvgIpc) is 2.88. The van der Waals surface area contributed by atoms with Crippen molar-refractivity contribution in [1.82, 2.24) is 19.5 Å². The molecule has 2 aromatic heterocycles. The topological polar surface area (TPSA) is 55.6 Å². The van der Waals surface area contributed by atoms with Gasteiger partial charge in [0.15, 0.2) is 17.0 Å². The highest BCUT2D eigenvalue weighted by Crippen LogP contribution is 2.19. The largest absolute Gasteiger partial charge is 0.364 e. The van der Waals surface area contributed by atoms with Crippen molar-refractivity contribution in [2.75, 3.05) is 5.32 Å². The highest BCUT2D eigenvalue weighted by Gasteiger charge is 2.12. The maximum Gasteiger partial charge on any atom is 0.312 e. The monoisotopic (exact) mass is 271 g/mol. The second-order valence-electron chi connectivity index (χ2n) is 4.38. The van der Waals surface area contributed by atoms with Gasteiger partial charge in [-0.05, 0) is 12.5 Å². The van der Waals surface area contributed by atoms with Gasteiger partial charge in [0.05, 0.1) is 6.33 Å². The molecule has 1 N–H and O–H groups in total. The van der Waals surface area contributed by atoms with Gasteiger partial charge in [0.2, 0.25) is 0 Å². The van der Waals surface area contributed by atoms with Gasteiger partial charge in [-0.15, -0.1) is 0 Å². The standard InChI is InChI=1S/C14H14FN5/c1-2-20-9-17-11-12(18-14(15)19-13(11)20)16-8-10-6-4-3-5-7-10/h3-7,9H,2,8H2,1H3,(H,16,18,19). The van der Waals surface area contributed by atoms with Crippen LogP contribution in [-0.2, 0) is 13.1 Å². The van der Waals surface area contributed by atoms with Gasteiger partial charge in [0.25, 0.3) is 0 Å². The summed E-state index contributed by atoms with van der Waals surface area (Å²) in [5.74, 6) is 0.420. The molecule has 0 saturated carbocycles. The van der Waals surface area contributed by atoms with Crippen LogP contribution in [0.3, 0.4) is 0 Å². The summed E-state index contributed by atoms with van der Waals surface area (Å²) >= 11 is 0. The molecule has 0 aliphatic heterocycles. The van der Waals surface area contributed by atoms with Gasteiger partial charge in [0, 0.05) is 13.1 Å². The number of fused-ring (bicyclic) bond motifs is 1. The zero-order valence-electron chi connectivity index (χ0n) is 11.0. The number of rotatable bonds is 4. The normalized spacial score (nSPS) is 10.9. The quantitative estimate of drug-likeness (QED) is 0.741. The first-order valence-corrected chi connectivity index (χ1v) is 6.44. The molecule has 6 heteroatoms. The first kappa shape index (κ1) is 12.5. The summed E-state index contributed by atoms with van der Waals surface area (Å²) in [5, 5.41) is 3.12. The Balaban J connectivity index is 1.93. The Hall–Kier alpha value is -2.50. The van der Waals surface area contributed by atoms with Crippen LogP contribution in [0.4, 0.5) is 10.2 Å². The third-order valence-electron chi connectivity index (χ3n) is 3.08. The van der Waals surface area contributed by atoms with Crippen LogP contribution in [0.1, 0.15) is 12.5 Å². The predicted molar refractivity (Wildman–Crippen MR) is 74.7 cm³/mol. The zero-order chi connectivity index (χ0) is 13.9. The Kier molecular flexibility index (Phi) is 3.28. The lowest BCUT2D eigenvalue weighted by Gasteiger charge is -2.06. The van der Waals surface area contributed by atoms with Gasteiger partial charge < -0.3 is 9.88 Å². The highest BCUT2D eigenvalue weighted by atomic mass is 19.1. The van der Waals surface area contributed by atoms with E-state index in [1.807, 2.05) is 37.3 Å².